The van der Waals surface area contributed by atoms with Gasteiger partial charge in [0.15, 0.2) is 0 Å². The number of carbonyl (C=O) groups is 1. The van der Waals surface area contributed by atoms with Crippen molar-refractivity contribution in [2.45, 2.75) is 52.1 Å². The fourth-order valence-electron chi connectivity index (χ4n) is 1.19. The van der Waals surface area contributed by atoms with Crippen LogP contribution in [0.25, 0.3) is 0 Å². The van der Waals surface area contributed by atoms with Crippen LogP contribution in [0.15, 0.2) is 12.2 Å². The van der Waals surface area contributed by atoms with Crippen molar-refractivity contribution in [1.82, 2.24) is 0 Å². The zero-order valence-corrected chi connectivity index (χ0v) is 9.79. The molecule has 0 aromatic carbocycles. The average Bonchev–Trinajstić information content (AvgIpc) is 2.20. The van der Waals surface area contributed by atoms with Gasteiger partial charge in [0, 0.05) is 5.57 Å². The lowest BCUT2D eigenvalue weighted by atomic mass is 10.1. The highest BCUT2D eigenvalue weighted by atomic mass is 16.5. The number of unbranched alkanes of at least 4 members (excludes halogenated alkanes) is 1. The van der Waals surface area contributed by atoms with Crippen LogP contribution in [0.5, 0.6) is 0 Å². The third-order valence-corrected chi connectivity index (χ3v) is 2.15. The van der Waals surface area contributed by atoms with Gasteiger partial charge in [-0.05, 0) is 26.2 Å². The van der Waals surface area contributed by atoms with Gasteiger partial charge >= 0.3 is 5.97 Å². The Hall–Kier alpha value is -0.830. The van der Waals surface area contributed by atoms with Gasteiger partial charge in [0.25, 0.3) is 0 Å². The first-order valence-corrected chi connectivity index (χ1v) is 5.58. The molecule has 0 saturated carbocycles. The summed E-state index contributed by atoms with van der Waals surface area (Å²) in [4.78, 5) is 11.0. The second kappa shape index (κ2) is 8.48. The van der Waals surface area contributed by atoms with E-state index in [1.54, 1.807) is 6.92 Å². The van der Waals surface area contributed by atoms with E-state index < -0.39 is 0 Å². The van der Waals surface area contributed by atoms with E-state index in [0.717, 1.165) is 19.3 Å². The summed E-state index contributed by atoms with van der Waals surface area (Å²) in [6.45, 7) is 7.58. The summed E-state index contributed by atoms with van der Waals surface area (Å²) in [6, 6.07) is 0. The number of rotatable bonds is 8. The summed E-state index contributed by atoms with van der Waals surface area (Å²) in [5, 5.41) is 9.50. The van der Waals surface area contributed by atoms with Crippen LogP contribution in [0.2, 0.25) is 0 Å². The van der Waals surface area contributed by atoms with Crippen molar-refractivity contribution >= 4 is 5.97 Å². The maximum Gasteiger partial charge on any atom is 0.333 e. The van der Waals surface area contributed by atoms with Crippen molar-refractivity contribution in [3.05, 3.63) is 12.2 Å². The summed E-state index contributed by atoms with van der Waals surface area (Å²) >= 11 is 0. The monoisotopic (exact) mass is 214 g/mol. The van der Waals surface area contributed by atoms with Gasteiger partial charge in [0.1, 0.15) is 0 Å². The van der Waals surface area contributed by atoms with E-state index in [1.165, 1.54) is 0 Å². The van der Waals surface area contributed by atoms with Gasteiger partial charge in [-0.3, -0.25) is 0 Å². The Morgan fingerprint density at radius 3 is 2.53 bits per heavy atom. The quantitative estimate of drug-likeness (QED) is 0.383. The highest BCUT2D eigenvalue weighted by Crippen LogP contribution is 2.06. The molecule has 1 atom stereocenters. The molecule has 0 amide bonds. The summed E-state index contributed by atoms with van der Waals surface area (Å²) in [5.41, 5.74) is 0.418. The molecule has 0 heterocycles. The first kappa shape index (κ1) is 14.2. The van der Waals surface area contributed by atoms with E-state index in [2.05, 4.69) is 13.5 Å². The molecule has 0 aromatic rings. The highest BCUT2D eigenvalue weighted by Gasteiger charge is 2.05. The molecule has 3 heteroatoms. The Balaban J connectivity index is 3.37. The molecular weight excluding hydrogens is 192 g/mol. The molecule has 0 aliphatic heterocycles. The normalized spacial score (nSPS) is 12.2. The predicted molar refractivity (Wildman–Crippen MR) is 60.5 cm³/mol. The summed E-state index contributed by atoms with van der Waals surface area (Å²) in [5.74, 6) is -0.349. The van der Waals surface area contributed by atoms with E-state index >= 15 is 0 Å². The maximum absolute atomic E-state index is 11.0. The van der Waals surface area contributed by atoms with Crippen molar-refractivity contribution in [1.29, 1.82) is 0 Å². The minimum absolute atomic E-state index is 0.256. The lowest BCUT2D eigenvalue weighted by molar-refractivity contribution is -0.139. The molecule has 3 nitrogen and oxygen atoms in total. The largest absolute Gasteiger partial charge is 0.462 e. The van der Waals surface area contributed by atoms with Crippen molar-refractivity contribution in [2.75, 3.05) is 6.61 Å². The Morgan fingerprint density at radius 2 is 2.00 bits per heavy atom. The Labute approximate surface area is 92.1 Å². The molecule has 0 saturated heterocycles. The molecule has 1 N–H and O–H groups in total. The van der Waals surface area contributed by atoms with Crippen molar-refractivity contribution in [3.63, 3.8) is 0 Å². The number of aliphatic hydroxyl groups is 1. The maximum atomic E-state index is 11.0. The van der Waals surface area contributed by atoms with Crippen LogP contribution in [0, 0.1) is 0 Å². The van der Waals surface area contributed by atoms with Gasteiger partial charge in [-0.1, -0.05) is 26.3 Å². The molecule has 15 heavy (non-hydrogen) atoms. The molecule has 0 fully saturated rings. The third-order valence-electron chi connectivity index (χ3n) is 2.15. The van der Waals surface area contributed by atoms with E-state index in [-0.39, 0.29) is 12.1 Å². The Kier molecular flexibility index (Phi) is 8.01. The highest BCUT2D eigenvalue weighted by molar-refractivity contribution is 5.86. The number of hydrogen-bond donors (Lipinski definition) is 1. The number of esters is 1. The third kappa shape index (κ3) is 8.18. The molecule has 88 valence electrons. The summed E-state index contributed by atoms with van der Waals surface area (Å²) < 4.78 is 4.91. The lowest BCUT2D eigenvalue weighted by Crippen LogP contribution is -2.10. The first-order chi connectivity index (χ1) is 7.07. The zero-order valence-electron chi connectivity index (χ0n) is 9.79. The van der Waals surface area contributed by atoms with Gasteiger partial charge in [0.05, 0.1) is 12.7 Å². The second-order valence-corrected chi connectivity index (χ2v) is 3.85. The predicted octanol–water partition coefficient (Wildman–Crippen LogP) is 2.44. The number of carbonyl (C=O) groups excluding carboxylic acids is 1. The smallest absolute Gasteiger partial charge is 0.333 e. The van der Waals surface area contributed by atoms with E-state index in [9.17, 15) is 9.90 Å². The molecule has 0 spiro atoms. The van der Waals surface area contributed by atoms with Crippen LogP contribution >= 0.6 is 0 Å². The summed E-state index contributed by atoms with van der Waals surface area (Å²) in [6.07, 6.45) is 4.14. The van der Waals surface area contributed by atoms with Gasteiger partial charge in [0.2, 0.25) is 0 Å². The molecule has 0 radical (unpaired) electrons. The minimum Gasteiger partial charge on any atom is -0.462 e. The average molecular weight is 214 g/mol. The lowest BCUT2D eigenvalue weighted by Gasteiger charge is -2.09. The molecule has 0 rings (SSSR count). The van der Waals surface area contributed by atoms with Crippen LogP contribution in [0.1, 0.15) is 46.0 Å². The van der Waals surface area contributed by atoms with E-state index in [0.29, 0.717) is 25.0 Å². The van der Waals surface area contributed by atoms with Crippen LogP contribution < -0.4 is 0 Å². The van der Waals surface area contributed by atoms with Crippen molar-refractivity contribution < 1.29 is 14.6 Å². The standard InChI is InChI=1S/C12H22O3/c1-4-5-7-11(13)8-6-9-15-12(14)10(2)3/h11,13H,2,4-9H2,1,3H3. The van der Waals surface area contributed by atoms with Crippen molar-refractivity contribution in [2.24, 2.45) is 0 Å². The molecule has 0 aromatic heterocycles. The van der Waals surface area contributed by atoms with E-state index in [1.807, 2.05) is 0 Å². The molecule has 0 aliphatic rings. The fraction of sp³-hybridized carbons (Fsp3) is 0.750. The molecular formula is C12H22O3. The number of ether oxygens (including phenoxy) is 1. The van der Waals surface area contributed by atoms with Crippen LogP contribution in [0.4, 0.5) is 0 Å². The molecule has 0 bridgehead atoms. The Bertz CT molecular complexity index is 199. The molecule has 1 unspecified atom stereocenters. The topological polar surface area (TPSA) is 46.5 Å². The number of aliphatic hydroxyl groups excluding tert-OH is 1. The van der Waals surface area contributed by atoms with Crippen LogP contribution in [-0.2, 0) is 9.53 Å². The minimum atomic E-state index is -0.349. The SMILES string of the molecule is C=C(C)C(=O)OCCCC(O)CCCC. The van der Waals surface area contributed by atoms with Gasteiger partial charge in [-0.25, -0.2) is 4.79 Å². The van der Waals surface area contributed by atoms with Crippen LogP contribution in [0.3, 0.4) is 0 Å². The summed E-state index contributed by atoms with van der Waals surface area (Å²) in [7, 11) is 0. The second-order valence-electron chi connectivity index (χ2n) is 3.85. The molecule has 0 aliphatic carbocycles. The Morgan fingerprint density at radius 1 is 1.40 bits per heavy atom. The van der Waals surface area contributed by atoms with Crippen LogP contribution in [-0.4, -0.2) is 23.8 Å². The first-order valence-electron chi connectivity index (χ1n) is 5.58. The van der Waals surface area contributed by atoms with E-state index in [4.69, 9.17) is 4.74 Å². The zero-order chi connectivity index (χ0) is 11.7. The van der Waals surface area contributed by atoms with Gasteiger partial charge in [-0.2, -0.15) is 0 Å². The van der Waals surface area contributed by atoms with Gasteiger partial charge in [-0.15, -0.1) is 0 Å². The fourth-order valence-corrected chi connectivity index (χ4v) is 1.19. The van der Waals surface area contributed by atoms with Gasteiger partial charge < -0.3 is 9.84 Å². The van der Waals surface area contributed by atoms with Crippen molar-refractivity contribution in [3.8, 4) is 0 Å². The number of hydrogen-bond acceptors (Lipinski definition) is 3.